The highest BCUT2D eigenvalue weighted by Gasteiger charge is 2.27. The number of carbonyl (C=O) groups is 1. The molecule has 150 valence electrons. The van der Waals surface area contributed by atoms with Gasteiger partial charge in [0.1, 0.15) is 0 Å². The van der Waals surface area contributed by atoms with Gasteiger partial charge in [-0.15, -0.1) is 0 Å². The third-order valence-corrected chi connectivity index (χ3v) is 5.83. The Kier molecular flexibility index (Phi) is 7.27. The second-order valence-electron chi connectivity index (χ2n) is 8.26. The van der Waals surface area contributed by atoms with E-state index in [1.54, 1.807) is 0 Å². The molecule has 2 aromatic rings. The molecule has 1 heterocycles. The quantitative estimate of drug-likeness (QED) is 0.650. The van der Waals surface area contributed by atoms with Crippen LogP contribution >= 0.6 is 0 Å². The molecule has 2 aromatic carbocycles. The Morgan fingerprint density at radius 2 is 1.68 bits per heavy atom. The molecular formula is C25H34N2O. The molecule has 0 aliphatic carbocycles. The van der Waals surface area contributed by atoms with Crippen molar-refractivity contribution in [1.82, 2.24) is 9.80 Å². The van der Waals surface area contributed by atoms with E-state index < -0.39 is 0 Å². The summed E-state index contributed by atoms with van der Waals surface area (Å²) in [7, 11) is 0. The molecule has 0 unspecified atom stereocenters. The molecule has 1 fully saturated rings. The fraction of sp³-hybridized carbons (Fsp3) is 0.480. The highest BCUT2D eigenvalue weighted by Crippen LogP contribution is 2.22. The summed E-state index contributed by atoms with van der Waals surface area (Å²) in [6.07, 6.45) is 3.28. The van der Waals surface area contributed by atoms with E-state index in [1.807, 2.05) is 35.2 Å². The molecule has 1 saturated heterocycles. The van der Waals surface area contributed by atoms with Crippen molar-refractivity contribution in [3.05, 3.63) is 71.3 Å². The summed E-state index contributed by atoms with van der Waals surface area (Å²) in [5.41, 5.74) is 3.59. The van der Waals surface area contributed by atoms with Crippen molar-refractivity contribution in [3.63, 3.8) is 0 Å². The van der Waals surface area contributed by atoms with Crippen LogP contribution < -0.4 is 0 Å². The van der Waals surface area contributed by atoms with Crippen LogP contribution in [-0.2, 0) is 6.54 Å². The third kappa shape index (κ3) is 5.23. The first-order valence-electron chi connectivity index (χ1n) is 10.8. The monoisotopic (exact) mass is 378 g/mol. The maximum absolute atomic E-state index is 12.7. The van der Waals surface area contributed by atoms with Gasteiger partial charge in [-0.2, -0.15) is 0 Å². The highest BCUT2D eigenvalue weighted by molar-refractivity contribution is 5.94. The molecule has 0 N–H and O–H groups in total. The zero-order valence-corrected chi connectivity index (χ0v) is 17.6. The molecule has 0 spiro atoms. The fourth-order valence-electron chi connectivity index (χ4n) is 4.12. The Balaban J connectivity index is 1.59. The second kappa shape index (κ2) is 9.88. The van der Waals surface area contributed by atoms with Crippen molar-refractivity contribution in [2.24, 2.45) is 0 Å². The normalized spacial score (nSPS) is 15.4. The number of benzene rings is 2. The van der Waals surface area contributed by atoms with Crippen LogP contribution in [0.1, 0.15) is 67.4 Å². The largest absolute Gasteiger partial charge is 0.339 e. The Bertz CT molecular complexity index is 731. The predicted octanol–water partition coefficient (Wildman–Crippen LogP) is 5.33. The minimum atomic E-state index is 0.172. The van der Waals surface area contributed by atoms with Gasteiger partial charge in [0.25, 0.3) is 5.91 Å². The molecule has 3 nitrogen and oxygen atoms in total. The number of hydrogen-bond donors (Lipinski definition) is 0. The lowest BCUT2D eigenvalue weighted by Gasteiger charge is -2.38. The van der Waals surface area contributed by atoms with Gasteiger partial charge in [-0.25, -0.2) is 0 Å². The van der Waals surface area contributed by atoms with Gasteiger partial charge in [-0.1, -0.05) is 63.2 Å². The molecule has 1 aliphatic heterocycles. The van der Waals surface area contributed by atoms with Crippen LogP contribution in [0.2, 0.25) is 0 Å². The second-order valence-corrected chi connectivity index (χ2v) is 8.26. The number of carbonyl (C=O) groups excluding carboxylic acids is 1. The van der Waals surface area contributed by atoms with Gasteiger partial charge >= 0.3 is 0 Å². The molecule has 0 atom stereocenters. The first-order valence-corrected chi connectivity index (χ1v) is 10.8. The number of hydrogen-bond acceptors (Lipinski definition) is 2. The summed E-state index contributed by atoms with van der Waals surface area (Å²) in [6, 6.07) is 19.3. The lowest BCUT2D eigenvalue weighted by Crippen LogP contribution is -2.46. The van der Waals surface area contributed by atoms with Crippen LogP contribution in [0.15, 0.2) is 54.6 Å². The van der Waals surface area contributed by atoms with Gasteiger partial charge in [0.2, 0.25) is 0 Å². The first-order chi connectivity index (χ1) is 13.6. The number of likely N-dealkylation sites (tertiary alicyclic amines) is 1. The lowest BCUT2D eigenvalue weighted by molar-refractivity contribution is 0.0607. The minimum Gasteiger partial charge on any atom is -0.339 e. The minimum absolute atomic E-state index is 0.172. The molecule has 3 rings (SSSR count). The molecule has 3 heteroatoms. The number of piperidine rings is 1. The standard InChI is InChI=1S/C25H34N2O/c1-4-16-27(19-21-10-12-22(13-11-21)20(2)3)24-14-17-26(18-15-24)25(28)23-8-6-5-7-9-23/h5-13,20,24H,4,14-19H2,1-3H3. The van der Waals surface area contributed by atoms with Crippen LogP contribution in [0.25, 0.3) is 0 Å². The summed E-state index contributed by atoms with van der Waals surface area (Å²) in [5, 5.41) is 0. The summed E-state index contributed by atoms with van der Waals surface area (Å²) in [5.74, 6) is 0.748. The Morgan fingerprint density at radius 3 is 2.25 bits per heavy atom. The average Bonchev–Trinajstić information content (AvgIpc) is 2.74. The van der Waals surface area contributed by atoms with E-state index in [0.29, 0.717) is 12.0 Å². The van der Waals surface area contributed by atoms with Crippen molar-refractivity contribution < 1.29 is 4.79 Å². The van der Waals surface area contributed by atoms with Gasteiger partial charge in [-0.05, 0) is 55.0 Å². The molecular weight excluding hydrogens is 344 g/mol. The number of rotatable bonds is 7. The Morgan fingerprint density at radius 1 is 1.04 bits per heavy atom. The van der Waals surface area contributed by atoms with Gasteiger partial charge in [-0.3, -0.25) is 9.69 Å². The van der Waals surface area contributed by atoms with E-state index in [-0.39, 0.29) is 5.91 Å². The van der Waals surface area contributed by atoms with Crippen LogP contribution in [0.4, 0.5) is 0 Å². The van der Waals surface area contributed by atoms with Crippen molar-refractivity contribution in [2.75, 3.05) is 19.6 Å². The van der Waals surface area contributed by atoms with Gasteiger partial charge in [0.05, 0.1) is 0 Å². The summed E-state index contributed by atoms with van der Waals surface area (Å²) in [4.78, 5) is 17.3. The van der Waals surface area contributed by atoms with Crippen molar-refractivity contribution >= 4 is 5.91 Å². The summed E-state index contributed by atoms with van der Waals surface area (Å²) in [6.45, 7) is 10.6. The fourth-order valence-corrected chi connectivity index (χ4v) is 4.12. The summed E-state index contributed by atoms with van der Waals surface area (Å²) >= 11 is 0. The molecule has 0 bridgehead atoms. The first kappa shape index (κ1) is 20.6. The van der Waals surface area contributed by atoms with E-state index in [2.05, 4.69) is 49.9 Å². The molecule has 0 saturated carbocycles. The SMILES string of the molecule is CCCN(Cc1ccc(C(C)C)cc1)C1CCN(C(=O)c2ccccc2)CC1. The van der Waals surface area contributed by atoms with Crippen molar-refractivity contribution in [3.8, 4) is 0 Å². The summed E-state index contributed by atoms with van der Waals surface area (Å²) < 4.78 is 0. The smallest absolute Gasteiger partial charge is 0.253 e. The Hall–Kier alpha value is -2.13. The van der Waals surface area contributed by atoms with Crippen LogP contribution in [-0.4, -0.2) is 41.4 Å². The van der Waals surface area contributed by atoms with Gasteiger partial charge < -0.3 is 4.90 Å². The molecule has 0 aromatic heterocycles. The molecule has 28 heavy (non-hydrogen) atoms. The molecule has 0 radical (unpaired) electrons. The highest BCUT2D eigenvalue weighted by atomic mass is 16.2. The van der Waals surface area contributed by atoms with E-state index in [4.69, 9.17) is 0 Å². The third-order valence-electron chi connectivity index (χ3n) is 5.83. The van der Waals surface area contributed by atoms with E-state index in [1.165, 1.54) is 11.1 Å². The maximum atomic E-state index is 12.7. The van der Waals surface area contributed by atoms with Crippen molar-refractivity contribution in [2.45, 2.75) is 58.5 Å². The van der Waals surface area contributed by atoms with E-state index >= 15 is 0 Å². The zero-order chi connectivity index (χ0) is 19.9. The van der Waals surface area contributed by atoms with Crippen molar-refractivity contribution in [1.29, 1.82) is 0 Å². The maximum Gasteiger partial charge on any atom is 0.253 e. The topological polar surface area (TPSA) is 23.6 Å². The Labute approximate surface area is 170 Å². The number of amides is 1. The van der Waals surface area contributed by atoms with E-state index in [9.17, 15) is 4.79 Å². The van der Waals surface area contributed by atoms with Crippen LogP contribution in [0, 0.1) is 0 Å². The van der Waals surface area contributed by atoms with Gasteiger partial charge in [0.15, 0.2) is 0 Å². The predicted molar refractivity (Wildman–Crippen MR) is 117 cm³/mol. The average molecular weight is 379 g/mol. The molecule has 1 amide bonds. The van der Waals surface area contributed by atoms with Crippen LogP contribution in [0.5, 0.6) is 0 Å². The molecule has 1 aliphatic rings. The van der Waals surface area contributed by atoms with Crippen LogP contribution in [0.3, 0.4) is 0 Å². The van der Waals surface area contributed by atoms with Gasteiger partial charge in [0, 0.05) is 31.2 Å². The zero-order valence-electron chi connectivity index (χ0n) is 17.6. The number of nitrogens with zero attached hydrogens (tertiary/aromatic N) is 2. The lowest BCUT2D eigenvalue weighted by atomic mass is 9.99. The van der Waals surface area contributed by atoms with E-state index in [0.717, 1.165) is 51.0 Å².